The fourth-order valence-electron chi connectivity index (χ4n) is 2.88. The van der Waals surface area contributed by atoms with E-state index in [-0.39, 0.29) is 6.03 Å². The number of urea groups is 1. The lowest BCUT2D eigenvalue weighted by Gasteiger charge is -2.17. The number of anilines is 1. The van der Waals surface area contributed by atoms with Crippen LogP contribution < -0.4 is 10.6 Å². The van der Waals surface area contributed by atoms with Gasteiger partial charge in [0.2, 0.25) is 0 Å². The second-order valence-electron chi connectivity index (χ2n) is 6.57. The largest absolute Gasteiger partial charge is 0.338 e. The van der Waals surface area contributed by atoms with Gasteiger partial charge in [-0.15, -0.1) is 0 Å². The van der Waals surface area contributed by atoms with Crippen LogP contribution in [-0.4, -0.2) is 40.8 Å². The minimum atomic E-state index is -0.455. The highest BCUT2D eigenvalue weighted by Crippen LogP contribution is 2.17. The molecule has 0 saturated heterocycles. The molecule has 6 nitrogen and oxygen atoms in total. The molecule has 0 radical (unpaired) electrons. The van der Waals surface area contributed by atoms with E-state index in [1.807, 2.05) is 18.2 Å². The number of nitrogens with one attached hydrogen (secondary N) is 2. The number of hydrogen-bond donors (Lipinski definition) is 2. The molecule has 2 aromatic carbocycles. The van der Waals surface area contributed by atoms with E-state index < -0.39 is 5.82 Å². The Morgan fingerprint density at radius 2 is 2.00 bits per heavy atom. The fourth-order valence-corrected chi connectivity index (χ4v) is 2.88. The summed E-state index contributed by atoms with van der Waals surface area (Å²) >= 11 is 0. The Labute approximate surface area is 164 Å². The van der Waals surface area contributed by atoms with Gasteiger partial charge in [0.1, 0.15) is 5.69 Å². The molecule has 28 heavy (non-hydrogen) atoms. The van der Waals surface area contributed by atoms with Gasteiger partial charge in [0.15, 0.2) is 5.82 Å². The number of hydrogen-bond acceptors (Lipinski definition) is 3. The summed E-state index contributed by atoms with van der Waals surface area (Å²) in [4.78, 5) is 14.2. The Hall–Kier alpha value is -3.19. The number of nitrogens with zero attached hydrogens (tertiary/aromatic N) is 3. The van der Waals surface area contributed by atoms with Gasteiger partial charge in [0.25, 0.3) is 0 Å². The van der Waals surface area contributed by atoms with Crippen molar-refractivity contribution in [1.82, 2.24) is 20.0 Å². The summed E-state index contributed by atoms with van der Waals surface area (Å²) < 4.78 is 15.6. The highest BCUT2D eigenvalue weighted by molar-refractivity contribution is 5.89. The van der Waals surface area contributed by atoms with E-state index in [1.54, 1.807) is 30.6 Å². The molecular weight excluding hydrogens is 357 g/mol. The highest BCUT2D eigenvalue weighted by atomic mass is 19.1. The van der Waals surface area contributed by atoms with Crippen molar-refractivity contribution in [2.45, 2.75) is 13.0 Å². The van der Waals surface area contributed by atoms with Gasteiger partial charge in [-0.05, 0) is 49.8 Å². The van der Waals surface area contributed by atoms with Gasteiger partial charge in [-0.25, -0.2) is 13.9 Å². The van der Waals surface area contributed by atoms with Crippen LogP contribution in [-0.2, 0) is 6.54 Å². The second kappa shape index (κ2) is 9.66. The molecule has 7 heteroatoms. The summed E-state index contributed by atoms with van der Waals surface area (Å²) in [5, 5.41) is 9.45. The zero-order chi connectivity index (χ0) is 19.8. The third-order valence-corrected chi connectivity index (χ3v) is 4.25. The van der Waals surface area contributed by atoms with Crippen LogP contribution >= 0.6 is 0 Å². The van der Waals surface area contributed by atoms with Crippen LogP contribution in [0.5, 0.6) is 0 Å². The van der Waals surface area contributed by atoms with Gasteiger partial charge < -0.3 is 15.5 Å². The Morgan fingerprint density at radius 1 is 1.18 bits per heavy atom. The van der Waals surface area contributed by atoms with Crippen molar-refractivity contribution < 1.29 is 9.18 Å². The predicted octanol–water partition coefficient (Wildman–Crippen LogP) is 3.66. The Kier molecular flexibility index (Phi) is 6.75. The first kappa shape index (κ1) is 19.6. The van der Waals surface area contributed by atoms with Crippen molar-refractivity contribution >= 4 is 11.7 Å². The number of halogens is 1. The van der Waals surface area contributed by atoms with Crippen LogP contribution in [0.25, 0.3) is 5.69 Å². The molecule has 0 aliphatic rings. The molecule has 0 aliphatic heterocycles. The summed E-state index contributed by atoms with van der Waals surface area (Å²) in [6, 6.07) is 16.1. The SMILES string of the molecule is CN(CCCNC(=O)Nc1ccc(-n2cccn2)c(F)c1)Cc1ccccc1. The van der Waals surface area contributed by atoms with Gasteiger partial charge in [0, 0.05) is 31.2 Å². The maximum Gasteiger partial charge on any atom is 0.319 e. The molecule has 0 fully saturated rings. The molecule has 0 spiro atoms. The van der Waals surface area contributed by atoms with Crippen LogP contribution in [0.4, 0.5) is 14.9 Å². The second-order valence-corrected chi connectivity index (χ2v) is 6.57. The van der Waals surface area contributed by atoms with E-state index in [4.69, 9.17) is 0 Å². The van der Waals surface area contributed by atoms with Gasteiger partial charge in [-0.2, -0.15) is 5.10 Å². The van der Waals surface area contributed by atoms with Crippen LogP contribution in [0.1, 0.15) is 12.0 Å². The maximum absolute atomic E-state index is 14.2. The summed E-state index contributed by atoms with van der Waals surface area (Å²) in [7, 11) is 2.05. The number of aromatic nitrogens is 2. The van der Waals surface area contributed by atoms with Crippen molar-refractivity contribution in [2.75, 3.05) is 25.5 Å². The average molecular weight is 381 g/mol. The molecule has 0 atom stereocenters. The molecule has 0 unspecified atom stereocenters. The normalized spacial score (nSPS) is 10.8. The average Bonchev–Trinajstić information content (AvgIpc) is 3.20. The molecule has 2 amide bonds. The van der Waals surface area contributed by atoms with E-state index in [2.05, 4.69) is 39.8 Å². The lowest BCUT2D eigenvalue weighted by Crippen LogP contribution is -2.31. The van der Waals surface area contributed by atoms with Crippen LogP contribution in [0.15, 0.2) is 67.0 Å². The highest BCUT2D eigenvalue weighted by Gasteiger charge is 2.08. The maximum atomic E-state index is 14.2. The Morgan fingerprint density at radius 3 is 2.71 bits per heavy atom. The summed E-state index contributed by atoms with van der Waals surface area (Å²) in [6.45, 7) is 2.27. The number of carbonyl (C=O) groups excluding carboxylic acids is 1. The third-order valence-electron chi connectivity index (χ3n) is 4.25. The summed E-state index contributed by atoms with van der Waals surface area (Å²) in [5.41, 5.74) is 1.99. The first-order valence-electron chi connectivity index (χ1n) is 9.19. The molecule has 0 aliphatic carbocycles. The quantitative estimate of drug-likeness (QED) is 0.586. The predicted molar refractivity (Wildman–Crippen MR) is 108 cm³/mol. The first-order chi connectivity index (χ1) is 13.6. The molecular formula is C21H24FN5O. The van der Waals surface area contributed by atoms with Crippen molar-refractivity contribution in [3.63, 3.8) is 0 Å². The minimum absolute atomic E-state index is 0.331. The van der Waals surface area contributed by atoms with Crippen molar-refractivity contribution in [1.29, 1.82) is 0 Å². The van der Waals surface area contributed by atoms with Gasteiger partial charge in [0.05, 0.1) is 0 Å². The number of rotatable bonds is 8. The van der Waals surface area contributed by atoms with Crippen LogP contribution in [0.2, 0.25) is 0 Å². The van der Waals surface area contributed by atoms with Gasteiger partial charge >= 0.3 is 6.03 Å². The number of benzene rings is 2. The van der Waals surface area contributed by atoms with Gasteiger partial charge in [-0.3, -0.25) is 0 Å². The number of carbonyl (C=O) groups is 1. The fraction of sp³-hybridized carbons (Fsp3) is 0.238. The molecule has 3 aromatic rings. The molecule has 0 saturated carbocycles. The van der Waals surface area contributed by atoms with Crippen molar-refractivity contribution in [3.8, 4) is 5.69 Å². The zero-order valence-corrected chi connectivity index (χ0v) is 15.8. The standard InChI is InChI=1S/C21H24FN5O/c1-26(16-17-7-3-2-4-8-17)13-5-11-23-21(28)25-18-9-10-20(19(22)15-18)27-14-6-12-24-27/h2-4,6-10,12,14-15H,5,11,13,16H2,1H3,(H2,23,25,28). The number of amides is 2. The van der Waals surface area contributed by atoms with E-state index in [0.29, 0.717) is 17.9 Å². The molecule has 1 aromatic heterocycles. The molecule has 146 valence electrons. The zero-order valence-electron chi connectivity index (χ0n) is 15.8. The van der Waals surface area contributed by atoms with E-state index in [1.165, 1.54) is 16.3 Å². The van der Waals surface area contributed by atoms with Gasteiger partial charge in [-0.1, -0.05) is 30.3 Å². The Bertz CT molecular complexity index is 883. The van der Waals surface area contributed by atoms with Crippen LogP contribution in [0, 0.1) is 5.82 Å². The third kappa shape index (κ3) is 5.65. The molecule has 1 heterocycles. The summed E-state index contributed by atoms with van der Waals surface area (Å²) in [6.07, 6.45) is 4.06. The summed E-state index contributed by atoms with van der Waals surface area (Å²) in [5.74, 6) is -0.455. The van der Waals surface area contributed by atoms with E-state index in [9.17, 15) is 9.18 Å². The lowest BCUT2D eigenvalue weighted by molar-refractivity contribution is 0.250. The molecule has 3 rings (SSSR count). The smallest absolute Gasteiger partial charge is 0.319 e. The monoisotopic (exact) mass is 381 g/mol. The topological polar surface area (TPSA) is 62.2 Å². The van der Waals surface area contributed by atoms with E-state index >= 15 is 0 Å². The Balaban J connectivity index is 1.39. The molecule has 2 N–H and O–H groups in total. The molecule has 0 bridgehead atoms. The van der Waals surface area contributed by atoms with Crippen LogP contribution in [0.3, 0.4) is 0 Å². The van der Waals surface area contributed by atoms with Crippen molar-refractivity contribution in [2.24, 2.45) is 0 Å². The lowest BCUT2D eigenvalue weighted by atomic mass is 10.2. The van der Waals surface area contributed by atoms with Crippen molar-refractivity contribution in [3.05, 3.63) is 78.4 Å². The van der Waals surface area contributed by atoms with E-state index in [0.717, 1.165) is 19.5 Å². The minimum Gasteiger partial charge on any atom is -0.338 e. The first-order valence-corrected chi connectivity index (χ1v) is 9.19.